The van der Waals surface area contributed by atoms with Gasteiger partial charge in [0.1, 0.15) is 0 Å². The number of imide groups is 1. The Bertz CT molecular complexity index is 1210. The van der Waals surface area contributed by atoms with Crippen molar-refractivity contribution >= 4 is 50.6 Å². The minimum Gasteiger partial charge on any atom is -0.493 e. The van der Waals surface area contributed by atoms with Crippen molar-refractivity contribution in [3.63, 3.8) is 0 Å². The molecule has 32 heavy (non-hydrogen) atoms. The molecule has 0 spiro atoms. The maximum atomic E-state index is 12.2. The topological polar surface area (TPSA) is 145 Å². The molecule has 0 radical (unpaired) electrons. The molecule has 1 saturated heterocycles. The van der Waals surface area contributed by atoms with Crippen LogP contribution in [0.4, 0.5) is 10.5 Å². The molecule has 0 saturated carbocycles. The molecule has 168 valence electrons. The molecule has 2 aromatic carbocycles. The number of nitrogens with zero attached hydrogens (tertiary/aromatic N) is 1. The van der Waals surface area contributed by atoms with Crippen molar-refractivity contribution in [2.75, 3.05) is 26.1 Å². The van der Waals surface area contributed by atoms with Crippen molar-refractivity contribution in [2.24, 2.45) is 5.14 Å². The quantitative estimate of drug-likeness (QED) is 0.576. The lowest BCUT2D eigenvalue weighted by Gasteiger charge is -2.12. The number of amides is 3. The Morgan fingerprint density at radius 2 is 1.84 bits per heavy atom. The first-order valence-corrected chi connectivity index (χ1v) is 11.4. The lowest BCUT2D eigenvalue weighted by molar-refractivity contribution is -0.121. The minimum atomic E-state index is -3.82. The van der Waals surface area contributed by atoms with E-state index in [0.717, 1.165) is 16.7 Å². The van der Waals surface area contributed by atoms with E-state index in [0.29, 0.717) is 27.7 Å². The molecule has 3 amide bonds. The van der Waals surface area contributed by atoms with Crippen LogP contribution >= 0.6 is 11.8 Å². The maximum Gasteiger partial charge on any atom is 0.293 e. The summed E-state index contributed by atoms with van der Waals surface area (Å²) in [4.78, 5) is 37.0. The van der Waals surface area contributed by atoms with Crippen LogP contribution in [0.15, 0.2) is 52.3 Å². The number of benzene rings is 2. The highest BCUT2D eigenvalue weighted by Crippen LogP contribution is 2.33. The molecule has 0 atom stereocenters. The molecule has 1 aliphatic rings. The number of primary sulfonamides is 1. The number of carbonyl (C=O) groups is 3. The molecular formula is C20H19N3O7S2. The number of rotatable bonds is 7. The SMILES string of the molecule is COc1cc(C=C2SC(=O)N(C)C2=O)ccc1OCC(=O)Nc1ccc(S(N)(=O)=O)cc1. The molecule has 10 nitrogen and oxygen atoms in total. The van der Waals surface area contributed by atoms with Crippen molar-refractivity contribution in [1.29, 1.82) is 0 Å². The average Bonchev–Trinajstić information content (AvgIpc) is 2.99. The number of hydrogen-bond donors (Lipinski definition) is 2. The van der Waals surface area contributed by atoms with Gasteiger partial charge < -0.3 is 14.8 Å². The number of sulfonamides is 1. The van der Waals surface area contributed by atoms with Gasteiger partial charge in [0.15, 0.2) is 18.1 Å². The van der Waals surface area contributed by atoms with Crippen LogP contribution in [-0.4, -0.2) is 51.1 Å². The number of carbonyl (C=O) groups excluding carboxylic acids is 3. The van der Waals surface area contributed by atoms with Gasteiger partial charge in [-0.25, -0.2) is 13.6 Å². The summed E-state index contributed by atoms with van der Waals surface area (Å²) in [5, 5.41) is 7.26. The summed E-state index contributed by atoms with van der Waals surface area (Å²) >= 11 is 0.845. The van der Waals surface area contributed by atoms with Crippen LogP contribution in [0.3, 0.4) is 0 Å². The van der Waals surface area contributed by atoms with Crippen LogP contribution in [0.1, 0.15) is 5.56 Å². The van der Waals surface area contributed by atoms with Crippen molar-refractivity contribution in [2.45, 2.75) is 4.90 Å². The molecule has 12 heteroatoms. The van der Waals surface area contributed by atoms with Crippen LogP contribution in [0, 0.1) is 0 Å². The first-order chi connectivity index (χ1) is 15.1. The minimum absolute atomic E-state index is 0.0692. The van der Waals surface area contributed by atoms with Crippen LogP contribution in [0.2, 0.25) is 0 Å². The first-order valence-electron chi connectivity index (χ1n) is 9.03. The fraction of sp³-hybridized carbons (Fsp3) is 0.150. The summed E-state index contributed by atoms with van der Waals surface area (Å²) in [5.74, 6) is -0.225. The summed E-state index contributed by atoms with van der Waals surface area (Å²) in [5.41, 5.74) is 0.991. The number of anilines is 1. The maximum absolute atomic E-state index is 12.2. The van der Waals surface area contributed by atoms with Gasteiger partial charge in [0.2, 0.25) is 10.0 Å². The summed E-state index contributed by atoms with van der Waals surface area (Å²) in [6, 6.07) is 10.2. The predicted molar refractivity (Wildman–Crippen MR) is 119 cm³/mol. The summed E-state index contributed by atoms with van der Waals surface area (Å²) < 4.78 is 33.3. The van der Waals surface area contributed by atoms with E-state index >= 15 is 0 Å². The lowest BCUT2D eigenvalue weighted by Crippen LogP contribution is -2.22. The Morgan fingerprint density at radius 1 is 1.16 bits per heavy atom. The number of ether oxygens (including phenoxy) is 2. The van der Waals surface area contributed by atoms with E-state index in [4.69, 9.17) is 14.6 Å². The molecule has 3 rings (SSSR count). The predicted octanol–water partition coefficient (Wildman–Crippen LogP) is 2.03. The molecule has 1 fully saturated rings. The Morgan fingerprint density at radius 3 is 2.41 bits per heavy atom. The van der Waals surface area contributed by atoms with E-state index < -0.39 is 15.9 Å². The van der Waals surface area contributed by atoms with Gasteiger partial charge in [-0.1, -0.05) is 6.07 Å². The zero-order chi connectivity index (χ0) is 23.5. The second-order valence-electron chi connectivity index (χ2n) is 6.56. The summed E-state index contributed by atoms with van der Waals surface area (Å²) in [6.45, 7) is -0.332. The Kier molecular flexibility index (Phi) is 6.87. The molecule has 1 aliphatic heterocycles. The number of hydrogen-bond acceptors (Lipinski definition) is 8. The third kappa shape index (κ3) is 5.46. The second-order valence-corrected chi connectivity index (χ2v) is 9.11. The highest BCUT2D eigenvalue weighted by Gasteiger charge is 2.31. The number of methoxy groups -OCH3 is 1. The van der Waals surface area contributed by atoms with Gasteiger partial charge in [-0.3, -0.25) is 19.3 Å². The zero-order valence-electron chi connectivity index (χ0n) is 17.0. The van der Waals surface area contributed by atoms with E-state index in [-0.39, 0.29) is 22.6 Å². The van der Waals surface area contributed by atoms with Crippen LogP contribution in [0.25, 0.3) is 6.08 Å². The Balaban J connectivity index is 1.64. The van der Waals surface area contributed by atoms with Crippen LogP contribution in [-0.2, 0) is 19.6 Å². The molecule has 0 unspecified atom stereocenters. The molecule has 0 aliphatic carbocycles. The normalized spacial score (nSPS) is 15.2. The molecule has 0 aromatic heterocycles. The van der Waals surface area contributed by atoms with Gasteiger partial charge in [0.25, 0.3) is 17.1 Å². The first kappa shape index (κ1) is 23.3. The highest BCUT2D eigenvalue weighted by atomic mass is 32.2. The van der Waals surface area contributed by atoms with Gasteiger partial charge in [0.05, 0.1) is 16.9 Å². The highest BCUT2D eigenvalue weighted by molar-refractivity contribution is 8.18. The molecule has 0 bridgehead atoms. The van der Waals surface area contributed by atoms with Crippen molar-refractivity contribution in [3.8, 4) is 11.5 Å². The van der Waals surface area contributed by atoms with Crippen LogP contribution in [0.5, 0.6) is 11.5 Å². The monoisotopic (exact) mass is 477 g/mol. The number of nitrogens with one attached hydrogen (secondary N) is 1. The van der Waals surface area contributed by atoms with E-state index in [2.05, 4.69) is 5.32 Å². The molecule has 2 aromatic rings. The number of thioether (sulfide) groups is 1. The van der Waals surface area contributed by atoms with Crippen LogP contribution < -0.4 is 19.9 Å². The summed E-state index contributed by atoms with van der Waals surface area (Å²) in [6.07, 6.45) is 1.57. The zero-order valence-corrected chi connectivity index (χ0v) is 18.7. The fourth-order valence-corrected chi connectivity index (χ4v) is 4.00. The summed E-state index contributed by atoms with van der Waals surface area (Å²) in [7, 11) is -0.974. The number of nitrogens with two attached hydrogens (primary N) is 1. The lowest BCUT2D eigenvalue weighted by atomic mass is 10.2. The van der Waals surface area contributed by atoms with Crippen molar-refractivity contribution < 1.29 is 32.3 Å². The van der Waals surface area contributed by atoms with E-state index in [1.807, 2.05) is 0 Å². The smallest absolute Gasteiger partial charge is 0.293 e. The Labute approximate surface area is 188 Å². The van der Waals surface area contributed by atoms with Gasteiger partial charge in [-0.2, -0.15) is 0 Å². The van der Waals surface area contributed by atoms with E-state index in [1.54, 1.807) is 24.3 Å². The third-order valence-corrected chi connectivity index (χ3v) is 6.19. The largest absolute Gasteiger partial charge is 0.493 e. The molecular weight excluding hydrogens is 458 g/mol. The van der Waals surface area contributed by atoms with E-state index in [9.17, 15) is 22.8 Å². The third-order valence-electron chi connectivity index (χ3n) is 4.30. The van der Waals surface area contributed by atoms with Crippen molar-refractivity contribution in [3.05, 3.63) is 52.9 Å². The number of likely N-dealkylation sites (N-methyl/N-ethyl adjacent to an activating group) is 1. The van der Waals surface area contributed by atoms with Gasteiger partial charge in [-0.05, 0) is 59.8 Å². The van der Waals surface area contributed by atoms with E-state index in [1.165, 1.54) is 38.4 Å². The molecule has 3 N–H and O–H groups in total. The fourth-order valence-electron chi connectivity index (χ4n) is 2.66. The standard InChI is InChI=1S/C20H19N3O7S2/c1-23-19(25)17(31-20(23)26)10-12-3-8-15(16(9-12)29-2)30-11-18(24)22-13-4-6-14(7-5-13)32(21,27)28/h3-10H,11H2,1-2H3,(H,22,24)(H2,21,27,28). The Hall–Kier alpha value is -3.35. The second kappa shape index (κ2) is 9.42. The average molecular weight is 478 g/mol. The van der Waals surface area contributed by atoms with Gasteiger partial charge in [0, 0.05) is 12.7 Å². The molecule has 1 heterocycles. The van der Waals surface area contributed by atoms with Gasteiger partial charge >= 0.3 is 0 Å². The van der Waals surface area contributed by atoms with Crippen molar-refractivity contribution in [1.82, 2.24) is 4.90 Å². The van der Waals surface area contributed by atoms with Gasteiger partial charge in [-0.15, -0.1) is 0 Å².